The topological polar surface area (TPSA) is 44.8 Å². The minimum absolute atomic E-state index is 0.352. The van der Waals surface area contributed by atoms with Crippen LogP contribution in [0.15, 0.2) is 42.5 Å². The molecule has 0 aliphatic carbocycles. The summed E-state index contributed by atoms with van der Waals surface area (Å²) in [6.07, 6.45) is -1.67. The Labute approximate surface area is 167 Å². The van der Waals surface area contributed by atoms with Gasteiger partial charge in [-0.25, -0.2) is 4.79 Å². The average Bonchev–Trinajstić information content (AvgIpc) is 2.63. The van der Waals surface area contributed by atoms with Gasteiger partial charge in [0.25, 0.3) is 0 Å². The second kappa shape index (κ2) is 8.59. The second-order valence-corrected chi connectivity index (χ2v) is 7.20. The van der Waals surface area contributed by atoms with Crippen molar-refractivity contribution in [1.82, 2.24) is 0 Å². The average molecular weight is 408 g/mol. The van der Waals surface area contributed by atoms with E-state index in [0.717, 1.165) is 12.1 Å². The summed E-state index contributed by atoms with van der Waals surface area (Å²) in [5.74, 6) is 0.220. The Morgan fingerprint density at radius 1 is 0.931 bits per heavy atom. The van der Waals surface area contributed by atoms with Crippen molar-refractivity contribution in [2.24, 2.45) is 0 Å². The maximum Gasteiger partial charge on any atom is 0.416 e. The van der Waals surface area contributed by atoms with Crippen LogP contribution >= 0.6 is 0 Å². The fraction of sp³-hybridized carbons (Fsp3) is 0.318. The van der Waals surface area contributed by atoms with Crippen LogP contribution in [0.5, 0.6) is 11.5 Å². The van der Waals surface area contributed by atoms with Crippen LogP contribution < -0.4 is 9.47 Å². The molecule has 0 aliphatic rings. The van der Waals surface area contributed by atoms with Crippen molar-refractivity contribution in [2.75, 3.05) is 14.2 Å². The van der Waals surface area contributed by atoms with Crippen molar-refractivity contribution in [3.63, 3.8) is 0 Å². The molecule has 0 N–H and O–H groups in total. The Morgan fingerprint density at radius 3 is 2.03 bits per heavy atom. The highest BCUT2D eigenvalue weighted by atomic mass is 19.4. The van der Waals surface area contributed by atoms with E-state index in [9.17, 15) is 18.0 Å². The van der Waals surface area contributed by atoms with Crippen LogP contribution in [0.25, 0.3) is 17.2 Å². The molecule has 0 aliphatic heterocycles. The number of methoxy groups -OCH3 is 2. The predicted octanol–water partition coefficient (Wildman–Crippen LogP) is 5.74. The van der Waals surface area contributed by atoms with Gasteiger partial charge in [0, 0.05) is 11.6 Å². The van der Waals surface area contributed by atoms with Gasteiger partial charge in [-0.15, -0.1) is 0 Å². The van der Waals surface area contributed by atoms with Gasteiger partial charge in [0.1, 0.15) is 5.60 Å². The van der Waals surface area contributed by atoms with Gasteiger partial charge < -0.3 is 14.2 Å². The number of carbonyl (C=O) groups is 1. The Morgan fingerprint density at radius 2 is 1.55 bits per heavy atom. The number of hydrogen-bond donors (Lipinski definition) is 0. The first-order chi connectivity index (χ1) is 13.5. The molecule has 0 fully saturated rings. The molecule has 2 aromatic rings. The summed E-state index contributed by atoms with van der Waals surface area (Å²) in [5.41, 5.74) is 0.194. The van der Waals surface area contributed by atoms with Crippen molar-refractivity contribution >= 4 is 12.0 Å². The van der Waals surface area contributed by atoms with E-state index in [4.69, 9.17) is 14.2 Å². The molecule has 0 bridgehead atoms. The van der Waals surface area contributed by atoms with Crippen LogP contribution in [-0.4, -0.2) is 25.8 Å². The molecule has 156 valence electrons. The largest absolute Gasteiger partial charge is 0.493 e. The van der Waals surface area contributed by atoms with Crippen molar-refractivity contribution in [1.29, 1.82) is 0 Å². The fourth-order valence-corrected chi connectivity index (χ4v) is 2.69. The highest BCUT2D eigenvalue weighted by molar-refractivity contribution is 5.91. The van der Waals surface area contributed by atoms with E-state index >= 15 is 0 Å². The monoisotopic (exact) mass is 408 g/mol. The van der Waals surface area contributed by atoms with E-state index < -0.39 is 23.3 Å². The van der Waals surface area contributed by atoms with Crippen LogP contribution in [0, 0.1) is 0 Å². The maximum atomic E-state index is 12.9. The van der Waals surface area contributed by atoms with Crippen molar-refractivity contribution in [3.8, 4) is 22.6 Å². The highest BCUT2D eigenvalue weighted by Crippen LogP contribution is 2.40. The van der Waals surface area contributed by atoms with Crippen molar-refractivity contribution in [3.05, 3.63) is 53.6 Å². The summed E-state index contributed by atoms with van der Waals surface area (Å²) in [6.45, 7) is 5.25. The van der Waals surface area contributed by atoms with Gasteiger partial charge in [0.15, 0.2) is 11.5 Å². The highest BCUT2D eigenvalue weighted by Gasteiger charge is 2.30. The summed E-state index contributed by atoms with van der Waals surface area (Å²) < 4.78 is 54.6. The summed E-state index contributed by atoms with van der Waals surface area (Å²) >= 11 is 0. The smallest absolute Gasteiger partial charge is 0.416 e. The first-order valence-corrected chi connectivity index (χ1v) is 8.80. The zero-order valence-corrected chi connectivity index (χ0v) is 16.9. The number of benzene rings is 2. The molecule has 0 amide bonds. The first kappa shape index (κ1) is 22.3. The van der Waals surface area contributed by atoms with E-state index in [2.05, 4.69) is 0 Å². The molecule has 29 heavy (non-hydrogen) atoms. The zero-order chi connectivity index (χ0) is 21.8. The molecular formula is C22H23F3O4. The fourth-order valence-electron chi connectivity index (χ4n) is 2.69. The molecule has 0 heterocycles. The van der Waals surface area contributed by atoms with Gasteiger partial charge in [-0.05, 0) is 62.2 Å². The van der Waals surface area contributed by atoms with E-state index in [1.807, 2.05) is 0 Å². The molecular weight excluding hydrogens is 385 g/mol. The minimum atomic E-state index is -4.42. The third kappa shape index (κ3) is 5.76. The number of ether oxygens (including phenoxy) is 3. The lowest BCUT2D eigenvalue weighted by molar-refractivity contribution is -0.148. The molecule has 0 unspecified atom stereocenters. The number of rotatable bonds is 5. The third-order valence-corrected chi connectivity index (χ3v) is 3.90. The normalized spacial score (nSPS) is 12.1. The molecule has 4 nitrogen and oxygen atoms in total. The molecule has 2 rings (SSSR count). The van der Waals surface area contributed by atoms with Crippen LogP contribution in [-0.2, 0) is 15.7 Å². The quantitative estimate of drug-likeness (QED) is 0.467. The maximum absolute atomic E-state index is 12.9. The van der Waals surface area contributed by atoms with E-state index in [-0.39, 0.29) is 0 Å². The van der Waals surface area contributed by atoms with Gasteiger partial charge in [-0.1, -0.05) is 12.1 Å². The number of halogens is 3. The molecule has 0 aromatic heterocycles. The van der Waals surface area contributed by atoms with Crippen LogP contribution in [0.1, 0.15) is 31.9 Å². The standard InChI is InChI=1S/C22H23F3O4/c1-21(2,3)29-19(26)13-11-17-16(10-12-18(27-4)20(17)28-5)14-6-8-15(9-7-14)22(23,24)25/h6-13H,1-5H3/b13-11+. The van der Waals surface area contributed by atoms with Gasteiger partial charge in [-0.3, -0.25) is 0 Å². The molecule has 0 saturated carbocycles. The molecule has 0 spiro atoms. The lowest BCUT2D eigenvalue weighted by Gasteiger charge is -2.18. The van der Waals surface area contributed by atoms with Gasteiger partial charge in [-0.2, -0.15) is 13.2 Å². The molecule has 0 atom stereocenters. The Hall–Kier alpha value is -2.96. The molecule has 0 radical (unpaired) electrons. The molecule has 2 aromatic carbocycles. The summed E-state index contributed by atoms with van der Waals surface area (Å²) in [4.78, 5) is 12.1. The van der Waals surface area contributed by atoms with E-state index in [1.54, 1.807) is 32.9 Å². The molecule has 7 heteroatoms. The minimum Gasteiger partial charge on any atom is -0.493 e. The SMILES string of the molecule is COc1ccc(-c2ccc(C(F)(F)F)cc2)c(/C=C/C(=O)OC(C)(C)C)c1OC. The Bertz CT molecular complexity index is 892. The second-order valence-electron chi connectivity index (χ2n) is 7.20. The number of esters is 1. The third-order valence-electron chi connectivity index (χ3n) is 3.90. The van der Waals surface area contributed by atoms with Crippen molar-refractivity contribution < 1.29 is 32.2 Å². The van der Waals surface area contributed by atoms with Gasteiger partial charge >= 0.3 is 12.1 Å². The van der Waals surface area contributed by atoms with Crippen molar-refractivity contribution in [2.45, 2.75) is 32.5 Å². The van der Waals surface area contributed by atoms with Crippen LogP contribution in [0.2, 0.25) is 0 Å². The Kier molecular flexibility index (Phi) is 6.62. The lowest BCUT2D eigenvalue weighted by atomic mass is 9.97. The van der Waals surface area contributed by atoms with Crippen LogP contribution in [0.3, 0.4) is 0 Å². The first-order valence-electron chi connectivity index (χ1n) is 8.80. The van der Waals surface area contributed by atoms with E-state index in [1.165, 1.54) is 38.5 Å². The number of carbonyl (C=O) groups excluding carboxylic acids is 1. The number of alkyl halides is 3. The summed E-state index contributed by atoms with van der Waals surface area (Å²) in [5, 5.41) is 0. The Balaban J connectivity index is 2.54. The van der Waals surface area contributed by atoms with E-state index in [0.29, 0.717) is 28.2 Å². The number of hydrogen-bond acceptors (Lipinski definition) is 4. The van der Waals surface area contributed by atoms with Crippen LogP contribution in [0.4, 0.5) is 13.2 Å². The summed E-state index contributed by atoms with van der Waals surface area (Å²) in [7, 11) is 2.91. The van der Waals surface area contributed by atoms with Gasteiger partial charge in [0.2, 0.25) is 0 Å². The summed E-state index contributed by atoms with van der Waals surface area (Å²) in [6, 6.07) is 8.10. The zero-order valence-electron chi connectivity index (χ0n) is 16.9. The van der Waals surface area contributed by atoms with Gasteiger partial charge in [0.05, 0.1) is 19.8 Å². The predicted molar refractivity (Wildman–Crippen MR) is 105 cm³/mol. The lowest BCUT2D eigenvalue weighted by Crippen LogP contribution is -2.22. The molecule has 0 saturated heterocycles.